The third kappa shape index (κ3) is 4.49. The highest BCUT2D eigenvalue weighted by atomic mass is 16.5. The van der Waals surface area contributed by atoms with Gasteiger partial charge in [0.05, 0.1) is 11.3 Å². The topological polar surface area (TPSA) is 67.4 Å². The number of carbonyl (C=O) groups excluding carboxylic acids is 2. The van der Waals surface area contributed by atoms with Crippen LogP contribution in [-0.4, -0.2) is 24.0 Å². The summed E-state index contributed by atoms with van der Waals surface area (Å²) in [5.74, 6) is 0.0952. The molecule has 0 saturated heterocycles. The Morgan fingerprint density at radius 1 is 0.857 bits per heavy atom. The van der Waals surface area contributed by atoms with Gasteiger partial charge in [-0.2, -0.15) is 0 Å². The molecule has 0 aliphatic rings. The lowest BCUT2D eigenvalue weighted by Crippen LogP contribution is -2.33. The van der Waals surface area contributed by atoms with Crippen LogP contribution in [0.3, 0.4) is 0 Å². The molecule has 3 aromatic carbocycles. The Morgan fingerprint density at radius 2 is 1.54 bits per heavy atom. The molecular formula is C23H24N2O3. The molecule has 3 aromatic rings. The van der Waals surface area contributed by atoms with Crippen molar-refractivity contribution >= 4 is 28.3 Å². The maximum atomic E-state index is 12.7. The number of anilines is 1. The van der Waals surface area contributed by atoms with E-state index in [1.54, 1.807) is 31.2 Å². The standard InChI is InChI=1S/C23H24N2O3/c1-15(2)24-23(27)19-12-6-7-13-20(19)25-22(26)16(3)28-21-14-8-10-17-9-4-5-11-18(17)21/h4-16H,1-3H3,(H,24,27)(H,25,26)/t16-/m0/s1. The van der Waals surface area contributed by atoms with Crippen LogP contribution in [0.5, 0.6) is 5.75 Å². The van der Waals surface area contributed by atoms with Gasteiger partial charge in [-0.05, 0) is 44.4 Å². The summed E-state index contributed by atoms with van der Waals surface area (Å²) in [5.41, 5.74) is 0.876. The number of hydrogen-bond donors (Lipinski definition) is 2. The van der Waals surface area contributed by atoms with E-state index in [2.05, 4.69) is 10.6 Å². The molecule has 0 aliphatic heterocycles. The lowest BCUT2D eigenvalue weighted by atomic mass is 10.1. The van der Waals surface area contributed by atoms with Crippen molar-refractivity contribution in [1.82, 2.24) is 5.32 Å². The monoisotopic (exact) mass is 376 g/mol. The maximum absolute atomic E-state index is 12.7. The molecule has 1 atom stereocenters. The van der Waals surface area contributed by atoms with Crippen molar-refractivity contribution in [1.29, 1.82) is 0 Å². The molecule has 0 saturated carbocycles. The molecule has 144 valence electrons. The van der Waals surface area contributed by atoms with Crippen LogP contribution in [0, 0.1) is 0 Å². The van der Waals surface area contributed by atoms with Gasteiger partial charge in [0.15, 0.2) is 6.10 Å². The van der Waals surface area contributed by atoms with Crippen LogP contribution in [0.2, 0.25) is 0 Å². The van der Waals surface area contributed by atoms with Crippen molar-refractivity contribution in [3.63, 3.8) is 0 Å². The molecule has 0 aromatic heterocycles. The van der Waals surface area contributed by atoms with Crippen molar-refractivity contribution in [2.75, 3.05) is 5.32 Å². The fourth-order valence-corrected chi connectivity index (χ4v) is 2.91. The fraction of sp³-hybridized carbons (Fsp3) is 0.217. The van der Waals surface area contributed by atoms with Crippen molar-refractivity contribution in [3.8, 4) is 5.75 Å². The minimum atomic E-state index is -0.730. The maximum Gasteiger partial charge on any atom is 0.265 e. The zero-order valence-corrected chi connectivity index (χ0v) is 16.2. The summed E-state index contributed by atoms with van der Waals surface area (Å²) in [6, 6.07) is 20.5. The number of carbonyl (C=O) groups is 2. The number of rotatable bonds is 6. The van der Waals surface area contributed by atoms with Crippen LogP contribution in [0.15, 0.2) is 66.7 Å². The zero-order chi connectivity index (χ0) is 20.1. The third-order valence-electron chi connectivity index (χ3n) is 4.27. The molecule has 0 aliphatic carbocycles. The van der Waals surface area contributed by atoms with E-state index in [9.17, 15) is 9.59 Å². The van der Waals surface area contributed by atoms with Gasteiger partial charge in [0.2, 0.25) is 0 Å². The van der Waals surface area contributed by atoms with Gasteiger partial charge in [-0.3, -0.25) is 9.59 Å². The second-order valence-corrected chi connectivity index (χ2v) is 6.90. The van der Waals surface area contributed by atoms with Crippen molar-refractivity contribution < 1.29 is 14.3 Å². The lowest BCUT2D eigenvalue weighted by molar-refractivity contribution is -0.122. The number of hydrogen-bond acceptors (Lipinski definition) is 3. The van der Waals surface area contributed by atoms with E-state index in [1.807, 2.05) is 56.3 Å². The Kier molecular flexibility index (Phi) is 5.94. The molecular weight excluding hydrogens is 352 g/mol. The molecule has 0 bridgehead atoms. The molecule has 5 heteroatoms. The van der Waals surface area contributed by atoms with E-state index < -0.39 is 6.10 Å². The molecule has 2 N–H and O–H groups in total. The smallest absolute Gasteiger partial charge is 0.265 e. The molecule has 0 heterocycles. The normalized spacial score (nSPS) is 11.9. The quantitative estimate of drug-likeness (QED) is 0.671. The predicted molar refractivity (Wildman–Crippen MR) is 112 cm³/mol. The highest BCUT2D eigenvalue weighted by molar-refractivity contribution is 6.04. The van der Waals surface area contributed by atoms with Crippen LogP contribution in [0.4, 0.5) is 5.69 Å². The number of fused-ring (bicyclic) bond motifs is 1. The van der Waals surface area contributed by atoms with Crippen LogP contribution in [-0.2, 0) is 4.79 Å². The van der Waals surface area contributed by atoms with Gasteiger partial charge in [0, 0.05) is 11.4 Å². The SMILES string of the molecule is CC(C)NC(=O)c1ccccc1NC(=O)[C@H](C)Oc1cccc2ccccc12. The second-order valence-electron chi connectivity index (χ2n) is 6.90. The Bertz CT molecular complexity index is 993. The zero-order valence-electron chi connectivity index (χ0n) is 16.2. The van der Waals surface area contributed by atoms with E-state index in [4.69, 9.17) is 4.74 Å². The average Bonchev–Trinajstić information content (AvgIpc) is 2.68. The first-order valence-electron chi connectivity index (χ1n) is 9.31. The van der Waals surface area contributed by atoms with E-state index in [0.29, 0.717) is 17.0 Å². The number of para-hydroxylation sites is 1. The van der Waals surface area contributed by atoms with Crippen molar-refractivity contribution in [3.05, 3.63) is 72.3 Å². The van der Waals surface area contributed by atoms with Gasteiger partial charge in [-0.15, -0.1) is 0 Å². The minimum absolute atomic E-state index is 0.00452. The highest BCUT2D eigenvalue weighted by Crippen LogP contribution is 2.26. The molecule has 0 radical (unpaired) electrons. The first kappa shape index (κ1) is 19.4. The number of amides is 2. The second kappa shape index (κ2) is 8.57. The van der Waals surface area contributed by atoms with Gasteiger partial charge in [0.1, 0.15) is 5.75 Å². The molecule has 3 rings (SSSR count). The van der Waals surface area contributed by atoms with Gasteiger partial charge >= 0.3 is 0 Å². The Morgan fingerprint density at radius 3 is 2.32 bits per heavy atom. The molecule has 0 fully saturated rings. The van der Waals surface area contributed by atoms with Gasteiger partial charge < -0.3 is 15.4 Å². The molecule has 0 spiro atoms. The Labute approximate surface area is 164 Å². The fourth-order valence-electron chi connectivity index (χ4n) is 2.91. The summed E-state index contributed by atoms with van der Waals surface area (Å²) in [6.07, 6.45) is -0.730. The predicted octanol–water partition coefficient (Wildman–Crippen LogP) is 4.38. The molecule has 0 unspecified atom stereocenters. The van der Waals surface area contributed by atoms with E-state index in [1.165, 1.54) is 0 Å². The van der Waals surface area contributed by atoms with Crippen LogP contribution in [0.1, 0.15) is 31.1 Å². The summed E-state index contributed by atoms with van der Waals surface area (Å²) >= 11 is 0. The highest BCUT2D eigenvalue weighted by Gasteiger charge is 2.19. The summed E-state index contributed by atoms with van der Waals surface area (Å²) in [5, 5.41) is 7.64. The summed E-state index contributed by atoms with van der Waals surface area (Å²) in [4.78, 5) is 25.1. The number of nitrogens with one attached hydrogen (secondary N) is 2. The summed E-state index contributed by atoms with van der Waals surface area (Å²) < 4.78 is 5.91. The third-order valence-corrected chi connectivity index (χ3v) is 4.27. The van der Waals surface area contributed by atoms with E-state index in [-0.39, 0.29) is 17.9 Å². The number of ether oxygens (including phenoxy) is 1. The molecule has 28 heavy (non-hydrogen) atoms. The van der Waals surface area contributed by atoms with Gasteiger partial charge in [-0.1, -0.05) is 48.5 Å². The lowest BCUT2D eigenvalue weighted by Gasteiger charge is -2.18. The van der Waals surface area contributed by atoms with E-state index in [0.717, 1.165) is 10.8 Å². The minimum Gasteiger partial charge on any atom is -0.480 e. The van der Waals surface area contributed by atoms with Crippen LogP contribution < -0.4 is 15.4 Å². The van der Waals surface area contributed by atoms with Crippen molar-refractivity contribution in [2.45, 2.75) is 32.9 Å². The van der Waals surface area contributed by atoms with Crippen molar-refractivity contribution in [2.24, 2.45) is 0 Å². The molecule has 2 amide bonds. The summed E-state index contributed by atoms with van der Waals surface area (Å²) in [7, 11) is 0. The van der Waals surface area contributed by atoms with Gasteiger partial charge in [-0.25, -0.2) is 0 Å². The molecule has 5 nitrogen and oxygen atoms in total. The number of benzene rings is 3. The van der Waals surface area contributed by atoms with Crippen LogP contribution >= 0.6 is 0 Å². The largest absolute Gasteiger partial charge is 0.480 e. The van der Waals surface area contributed by atoms with Crippen LogP contribution in [0.25, 0.3) is 10.8 Å². The first-order valence-corrected chi connectivity index (χ1v) is 9.31. The Balaban J connectivity index is 1.75. The first-order chi connectivity index (χ1) is 13.5. The average molecular weight is 376 g/mol. The Hall–Kier alpha value is -3.34. The van der Waals surface area contributed by atoms with Gasteiger partial charge in [0.25, 0.3) is 11.8 Å². The van der Waals surface area contributed by atoms with E-state index >= 15 is 0 Å². The summed E-state index contributed by atoms with van der Waals surface area (Å²) in [6.45, 7) is 5.46.